The highest BCUT2D eigenvalue weighted by Crippen LogP contribution is 2.24. The second-order valence-corrected chi connectivity index (χ2v) is 5.45. The van der Waals surface area contributed by atoms with Crippen LogP contribution in [0.15, 0.2) is 30.3 Å². The van der Waals surface area contributed by atoms with Crippen LogP contribution in [0.25, 0.3) is 11.0 Å². The summed E-state index contributed by atoms with van der Waals surface area (Å²) in [5.41, 5.74) is 4.67. The molecule has 3 aromatic rings. The number of H-pyrrole nitrogens is 1. The number of rotatable bonds is 2. The molecule has 20 heavy (non-hydrogen) atoms. The van der Waals surface area contributed by atoms with Gasteiger partial charge >= 0.3 is 0 Å². The quantitative estimate of drug-likeness (QED) is 0.735. The number of hydrogen-bond donors (Lipinski definition) is 1. The number of fused-ring (bicyclic) bond motifs is 1. The average molecular weight is 289 g/mol. The first-order chi connectivity index (χ1) is 9.54. The summed E-state index contributed by atoms with van der Waals surface area (Å²) >= 11 is 6.05. The van der Waals surface area contributed by atoms with Gasteiger partial charge in [-0.1, -0.05) is 23.7 Å². The third-order valence-electron chi connectivity index (χ3n) is 3.38. The van der Waals surface area contributed by atoms with Crippen LogP contribution >= 0.6 is 11.6 Å². The Hall–Kier alpha value is -1.87. The highest BCUT2D eigenvalue weighted by Gasteiger charge is 2.11. The van der Waals surface area contributed by atoms with Crippen LogP contribution in [0.3, 0.4) is 0 Å². The van der Waals surface area contributed by atoms with E-state index >= 15 is 0 Å². The molecule has 2 nitrogen and oxygen atoms in total. The third kappa shape index (κ3) is 2.29. The summed E-state index contributed by atoms with van der Waals surface area (Å²) < 4.78 is 13.8. The summed E-state index contributed by atoms with van der Waals surface area (Å²) in [6.07, 6.45) is 0.360. The highest BCUT2D eigenvalue weighted by atomic mass is 35.5. The lowest BCUT2D eigenvalue weighted by molar-refractivity contribution is 0.612. The van der Waals surface area contributed by atoms with E-state index in [1.54, 1.807) is 12.1 Å². The Bertz CT molecular complexity index is 772. The summed E-state index contributed by atoms with van der Waals surface area (Å²) in [6, 6.07) is 8.84. The van der Waals surface area contributed by atoms with Crippen molar-refractivity contribution in [3.05, 3.63) is 63.7 Å². The number of hydrogen-bond acceptors (Lipinski definition) is 1. The number of aromatic nitrogens is 2. The Labute approximate surface area is 121 Å². The smallest absolute Gasteiger partial charge is 0.128 e. The van der Waals surface area contributed by atoms with Gasteiger partial charge in [0, 0.05) is 17.0 Å². The zero-order valence-corrected chi connectivity index (χ0v) is 12.1. The molecule has 0 aliphatic heterocycles. The molecule has 2 aromatic carbocycles. The summed E-state index contributed by atoms with van der Waals surface area (Å²) in [6.45, 7) is 4.07. The largest absolute Gasteiger partial charge is 0.342 e. The average Bonchev–Trinajstić information content (AvgIpc) is 2.77. The highest BCUT2D eigenvalue weighted by molar-refractivity contribution is 6.31. The molecule has 0 saturated carbocycles. The predicted octanol–water partition coefficient (Wildman–Crippen LogP) is 4.56. The molecular weight excluding hydrogens is 275 g/mol. The first kappa shape index (κ1) is 13.1. The van der Waals surface area contributed by atoms with Crippen molar-refractivity contribution in [1.82, 2.24) is 9.97 Å². The maximum absolute atomic E-state index is 13.8. The number of nitrogens with one attached hydrogen (secondary N) is 1. The van der Waals surface area contributed by atoms with Crippen LogP contribution in [0.2, 0.25) is 5.02 Å². The molecule has 4 heteroatoms. The van der Waals surface area contributed by atoms with Gasteiger partial charge in [0.25, 0.3) is 0 Å². The van der Waals surface area contributed by atoms with E-state index in [9.17, 15) is 4.39 Å². The van der Waals surface area contributed by atoms with Crippen molar-refractivity contribution >= 4 is 22.6 Å². The number of aromatic amines is 1. The molecule has 0 saturated heterocycles. The fourth-order valence-electron chi connectivity index (χ4n) is 2.47. The zero-order valence-electron chi connectivity index (χ0n) is 11.3. The van der Waals surface area contributed by atoms with E-state index in [0.29, 0.717) is 17.0 Å². The molecule has 0 amide bonds. The molecule has 0 aliphatic carbocycles. The van der Waals surface area contributed by atoms with Crippen molar-refractivity contribution in [3.8, 4) is 0 Å². The first-order valence-electron chi connectivity index (χ1n) is 6.43. The van der Waals surface area contributed by atoms with Crippen molar-refractivity contribution < 1.29 is 4.39 Å². The van der Waals surface area contributed by atoms with Gasteiger partial charge in [0.1, 0.15) is 11.6 Å². The fourth-order valence-corrected chi connectivity index (χ4v) is 2.70. The molecular formula is C16H14ClFN2. The van der Waals surface area contributed by atoms with Crippen molar-refractivity contribution in [3.63, 3.8) is 0 Å². The van der Waals surface area contributed by atoms with Gasteiger partial charge in [-0.3, -0.25) is 0 Å². The van der Waals surface area contributed by atoms with Crippen LogP contribution < -0.4 is 0 Å². The summed E-state index contributed by atoms with van der Waals surface area (Å²) in [5, 5.41) is 0.429. The molecule has 0 aliphatic rings. The first-order valence-corrected chi connectivity index (χ1v) is 6.81. The van der Waals surface area contributed by atoms with Gasteiger partial charge < -0.3 is 4.98 Å². The van der Waals surface area contributed by atoms with E-state index in [1.807, 2.05) is 19.9 Å². The lowest BCUT2D eigenvalue weighted by Crippen LogP contribution is -1.95. The Morgan fingerprint density at radius 3 is 2.80 bits per heavy atom. The van der Waals surface area contributed by atoms with Crippen molar-refractivity contribution in [2.24, 2.45) is 0 Å². The van der Waals surface area contributed by atoms with Crippen molar-refractivity contribution in [2.75, 3.05) is 0 Å². The second kappa shape index (κ2) is 4.91. The second-order valence-electron chi connectivity index (χ2n) is 5.04. The van der Waals surface area contributed by atoms with Gasteiger partial charge in [-0.25, -0.2) is 9.37 Å². The molecule has 0 radical (unpaired) electrons. The van der Waals surface area contributed by atoms with Crippen LogP contribution in [0.1, 0.15) is 22.5 Å². The maximum atomic E-state index is 13.8. The molecule has 0 atom stereocenters. The van der Waals surface area contributed by atoms with E-state index in [4.69, 9.17) is 11.6 Å². The molecule has 0 fully saturated rings. The lowest BCUT2D eigenvalue weighted by Gasteiger charge is -2.03. The molecule has 0 bridgehead atoms. The van der Waals surface area contributed by atoms with E-state index in [1.165, 1.54) is 11.6 Å². The Balaban J connectivity index is 2.06. The van der Waals surface area contributed by atoms with Gasteiger partial charge in [-0.2, -0.15) is 0 Å². The molecule has 3 rings (SSSR count). The minimum Gasteiger partial charge on any atom is -0.342 e. The molecule has 1 N–H and O–H groups in total. The SMILES string of the molecule is Cc1cc(C)c2nc(Cc3c(F)cccc3Cl)[nH]c2c1. The summed E-state index contributed by atoms with van der Waals surface area (Å²) in [7, 11) is 0. The van der Waals surface area contributed by atoms with Crippen LogP contribution in [0.5, 0.6) is 0 Å². The topological polar surface area (TPSA) is 28.7 Å². The monoisotopic (exact) mass is 288 g/mol. The van der Waals surface area contributed by atoms with Gasteiger partial charge in [0.15, 0.2) is 0 Å². The van der Waals surface area contributed by atoms with E-state index < -0.39 is 0 Å². The standard InChI is InChI=1S/C16H14ClFN2/c1-9-6-10(2)16-14(7-9)19-15(20-16)8-11-12(17)4-3-5-13(11)18/h3-7H,8H2,1-2H3,(H,19,20). The van der Waals surface area contributed by atoms with Gasteiger partial charge in [-0.15, -0.1) is 0 Å². The number of imidazole rings is 1. The van der Waals surface area contributed by atoms with Crippen molar-refractivity contribution in [1.29, 1.82) is 0 Å². The van der Waals surface area contributed by atoms with Gasteiger partial charge in [-0.05, 0) is 43.2 Å². The minimum absolute atomic E-state index is 0.300. The Morgan fingerprint density at radius 1 is 1.25 bits per heavy atom. The van der Waals surface area contributed by atoms with E-state index in [-0.39, 0.29) is 5.82 Å². The normalized spacial score (nSPS) is 11.2. The fraction of sp³-hybridized carbons (Fsp3) is 0.188. The van der Waals surface area contributed by atoms with Crippen LogP contribution in [-0.2, 0) is 6.42 Å². The van der Waals surface area contributed by atoms with Gasteiger partial charge in [0.05, 0.1) is 11.0 Å². The lowest BCUT2D eigenvalue weighted by atomic mass is 10.1. The number of halogens is 2. The van der Waals surface area contributed by atoms with Crippen LogP contribution in [0, 0.1) is 19.7 Å². The Morgan fingerprint density at radius 2 is 2.05 bits per heavy atom. The third-order valence-corrected chi connectivity index (χ3v) is 3.73. The molecule has 1 heterocycles. The molecule has 0 unspecified atom stereocenters. The number of benzene rings is 2. The molecule has 1 aromatic heterocycles. The molecule has 0 spiro atoms. The van der Waals surface area contributed by atoms with Crippen LogP contribution in [-0.4, -0.2) is 9.97 Å². The Kier molecular flexibility index (Phi) is 3.22. The summed E-state index contributed by atoms with van der Waals surface area (Å²) in [5.74, 6) is 0.423. The summed E-state index contributed by atoms with van der Waals surface area (Å²) in [4.78, 5) is 7.79. The number of aryl methyl sites for hydroxylation is 2. The number of nitrogens with zero attached hydrogens (tertiary/aromatic N) is 1. The van der Waals surface area contributed by atoms with Crippen LogP contribution in [0.4, 0.5) is 4.39 Å². The molecule has 102 valence electrons. The minimum atomic E-state index is -0.300. The van der Waals surface area contributed by atoms with E-state index in [0.717, 1.165) is 22.4 Å². The van der Waals surface area contributed by atoms with Gasteiger partial charge in [0.2, 0.25) is 0 Å². The predicted molar refractivity (Wildman–Crippen MR) is 79.8 cm³/mol. The van der Waals surface area contributed by atoms with E-state index in [2.05, 4.69) is 16.0 Å². The maximum Gasteiger partial charge on any atom is 0.128 e. The van der Waals surface area contributed by atoms with Crippen molar-refractivity contribution in [2.45, 2.75) is 20.3 Å². The zero-order chi connectivity index (χ0) is 14.3.